The summed E-state index contributed by atoms with van der Waals surface area (Å²) in [5.41, 5.74) is -1.81. The van der Waals surface area contributed by atoms with E-state index < -0.39 is 11.5 Å². The quantitative estimate of drug-likeness (QED) is 0.602. The van der Waals surface area contributed by atoms with Crippen molar-refractivity contribution in [3.8, 4) is 11.1 Å². The van der Waals surface area contributed by atoms with Crippen LogP contribution in [0, 0.1) is 0 Å². The summed E-state index contributed by atoms with van der Waals surface area (Å²) in [5, 5.41) is 18.6. The number of carboxylic acid groups (broad SMARTS) is 1. The molecule has 27 heavy (non-hydrogen) atoms. The van der Waals surface area contributed by atoms with E-state index in [1.54, 1.807) is 18.2 Å². The predicted molar refractivity (Wildman–Crippen MR) is 96.1 cm³/mol. The molecule has 0 aliphatic rings. The minimum absolute atomic E-state index is 0.132. The number of carbonyl (C=O) groups is 1. The number of aromatic amines is 1. The van der Waals surface area contributed by atoms with Crippen LogP contribution in [0.25, 0.3) is 23.3 Å². The van der Waals surface area contributed by atoms with E-state index in [-0.39, 0.29) is 28.0 Å². The lowest BCUT2D eigenvalue weighted by Crippen LogP contribution is -1.98. The first-order valence-electron chi connectivity index (χ1n) is 7.60. The third-order valence-electron chi connectivity index (χ3n) is 3.54. The van der Waals surface area contributed by atoms with Crippen molar-refractivity contribution in [1.29, 1.82) is 0 Å². The summed E-state index contributed by atoms with van der Waals surface area (Å²) >= 11 is -0.149. The fraction of sp³-hybridized carbons (Fsp3) is 0.0556. The summed E-state index contributed by atoms with van der Waals surface area (Å²) in [6.07, 6.45) is 3.22. The highest BCUT2D eigenvalue weighted by molar-refractivity contribution is 8.00. The molecule has 0 saturated carbocycles. The molecule has 1 heterocycles. The summed E-state index contributed by atoms with van der Waals surface area (Å²) in [5.74, 6) is -1.18. The number of halogens is 3. The van der Waals surface area contributed by atoms with Crippen LogP contribution in [0.2, 0.25) is 0 Å². The number of hydrogen-bond donors (Lipinski definition) is 2. The van der Waals surface area contributed by atoms with E-state index in [4.69, 9.17) is 5.11 Å². The number of hydrogen-bond acceptors (Lipinski definition) is 4. The molecule has 0 saturated heterocycles. The number of carboxylic acids is 1. The highest BCUT2D eigenvalue weighted by atomic mass is 32.2. The Kier molecular flexibility index (Phi) is 5.31. The van der Waals surface area contributed by atoms with Gasteiger partial charge < -0.3 is 5.11 Å². The minimum atomic E-state index is -4.31. The van der Waals surface area contributed by atoms with Gasteiger partial charge in [-0.05, 0) is 46.7 Å². The van der Waals surface area contributed by atoms with Crippen molar-refractivity contribution in [2.75, 3.05) is 0 Å². The predicted octanol–water partition coefficient (Wildman–Crippen LogP) is 4.95. The van der Waals surface area contributed by atoms with Crippen LogP contribution in [0.5, 0.6) is 0 Å². The number of aromatic carboxylic acids is 1. The standard InChI is InChI=1S/C18H12F3N3O2S/c19-18(20,21)27-14-8-6-13(7-9-14)12-4-1-11(2-5-12)3-10-15-16(17(25)26)23-24-22-15/h1-10H,(H,25,26)(H,22,23,24). The monoisotopic (exact) mass is 391 g/mol. The number of rotatable bonds is 5. The van der Waals surface area contributed by atoms with Gasteiger partial charge in [-0.1, -0.05) is 42.5 Å². The van der Waals surface area contributed by atoms with Gasteiger partial charge in [0.1, 0.15) is 5.69 Å². The number of thioether (sulfide) groups is 1. The first-order valence-corrected chi connectivity index (χ1v) is 8.42. The van der Waals surface area contributed by atoms with Gasteiger partial charge in [-0.3, -0.25) is 0 Å². The molecule has 0 aliphatic heterocycles. The van der Waals surface area contributed by atoms with Gasteiger partial charge in [-0.15, -0.1) is 5.10 Å². The molecular weight excluding hydrogens is 379 g/mol. The van der Waals surface area contributed by atoms with Crippen molar-refractivity contribution in [1.82, 2.24) is 15.4 Å². The van der Waals surface area contributed by atoms with Crippen molar-refractivity contribution in [2.45, 2.75) is 10.4 Å². The number of nitrogens with zero attached hydrogens (tertiary/aromatic N) is 2. The molecule has 1 aromatic heterocycles. The lowest BCUT2D eigenvalue weighted by atomic mass is 10.0. The van der Waals surface area contributed by atoms with Gasteiger partial charge in [0, 0.05) is 4.90 Å². The van der Waals surface area contributed by atoms with Crippen LogP contribution >= 0.6 is 11.8 Å². The molecular formula is C18H12F3N3O2S. The molecule has 2 aromatic carbocycles. The van der Waals surface area contributed by atoms with Gasteiger partial charge in [-0.2, -0.15) is 23.5 Å². The molecule has 0 spiro atoms. The Bertz CT molecular complexity index is 965. The normalized spacial score (nSPS) is 11.8. The Morgan fingerprint density at radius 1 is 0.963 bits per heavy atom. The Morgan fingerprint density at radius 3 is 2.11 bits per heavy atom. The molecule has 0 radical (unpaired) electrons. The number of alkyl halides is 3. The van der Waals surface area contributed by atoms with E-state index in [0.717, 1.165) is 16.7 Å². The largest absolute Gasteiger partial charge is 0.476 e. The van der Waals surface area contributed by atoms with Crippen molar-refractivity contribution in [2.24, 2.45) is 0 Å². The molecule has 0 aliphatic carbocycles. The Labute approximate surface area is 155 Å². The topological polar surface area (TPSA) is 78.9 Å². The van der Waals surface area contributed by atoms with Crippen LogP contribution in [0.1, 0.15) is 21.7 Å². The molecule has 9 heteroatoms. The van der Waals surface area contributed by atoms with Gasteiger partial charge in [0.05, 0.1) is 0 Å². The van der Waals surface area contributed by atoms with Crippen molar-refractivity contribution in [3.63, 3.8) is 0 Å². The average Bonchev–Trinajstić information content (AvgIpc) is 3.09. The molecule has 138 valence electrons. The highest BCUT2D eigenvalue weighted by Gasteiger charge is 2.29. The van der Waals surface area contributed by atoms with Gasteiger partial charge >= 0.3 is 11.5 Å². The molecule has 0 atom stereocenters. The summed E-state index contributed by atoms with van der Waals surface area (Å²) in [7, 11) is 0. The fourth-order valence-electron chi connectivity index (χ4n) is 2.32. The lowest BCUT2D eigenvalue weighted by Gasteiger charge is -2.07. The zero-order valence-corrected chi connectivity index (χ0v) is 14.4. The van der Waals surface area contributed by atoms with E-state index in [9.17, 15) is 18.0 Å². The molecule has 0 bridgehead atoms. The summed E-state index contributed by atoms with van der Waals surface area (Å²) in [6, 6.07) is 13.4. The second-order valence-corrected chi connectivity index (χ2v) is 6.53. The van der Waals surface area contributed by atoms with Crippen LogP contribution in [-0.2, 0) is 0 Å². The maximum atomic E-state index is 12.4. The van der Waals surface area contributed by atoms with Gasteiger partial charge in [0.2, 0.25) is 0 Å². The van der Waals surface area contributed by atoms with Crippen LogP contribution in [0.3, 0.4) is 0 Å². The van der Waals surface area contributed by atoms with Crippen LogP contribution in [0.15, 0.2) is 53.4 Å². The Balaban J connectivity index is 1.72. The van der Waals surface area contributed by atoms with E-state index in [1.165, 1.54) is 18.2 Å². The van der Waals surface area contributed by atoms with Crippen LogP contribution in [0.4, 0.5) is 13.2 Å². The maximum Gasteiger partial charge on any atom is 0.446 e. The molecule has 3 rings (SSSR count). The van der Waals surface area contributed by atoms with Gasteiger partial charge in [0.15, 0.2) is 5.69 Å². The molecule has 3 aromatic rings. The average molecular weight is 391 g/mol. The number of benzene rings is 2. The smallest absolute Gasteiger partial charge is 0.446 e. The molecule has 0 fully saturated rings. The van der Waals surface area contributed by atoms with Crippen LogP contribution in [-0.4, -0.2) is 32.0 Å². The first-order chi connectivity index (χ1) is 12.8. The number of aromatic nitrogens is 3. The summed E-state index contributed by atoms with van der Waals surface area (Å²) in [4.78, 5) is 11.1. The first kappa shape index (κ1) is 18.7. The Morgan fingerprint density at radius 2 is 1.56 bits per heavy atom. The van der Waals surface area contributed by atoms with Crippen molar-refractivity contribution < 1.29 is 23.1 Å². The molecule has 0 unspecified atom stereocenters. The third-order valence-corrected chi connectivity index (χ3v) is 4.28. The van der Waals surface area contributed by atoms with Gasteiger partial charge in [-0.25, -0.2) is 4.79 Å². The SMILES string of the molecule is O=C(O)c1n[nH]nc1C=Cc1ccc(-c2ccc(SC(F)(F)F)cc2)cc1. The van der Waals surface area contributed by atoms with Crippen molar-refractivity contribution >= 4 is 29.9 Å². The molecule has 2 N–H and O–H groups in total. The van der Waals surface area contributed by atoms with E-state index in [0.29, 0.717) is 0 Å². The Hall–Kier alpha value is -3.07. The van der Waals surface area contributed by atoms with Crippen molar-refractivity contribution in [3.05, 3.63) is 65.5 Å². The zero-order valence-electron chi connectivity index (χ0n) is 13.6. The summed E-state index contributed by atoms with van der Waals surface area (Å²) in [6.45, 7) is 0. The molecule has 5 nitrogen and oxygen atoms in total. The third kappa shape index (κ3) is 4.98. The minimum Gasteiger partial charge on any atom is -0.476 e. The van der Waals surface area contributed by atoms with E-state index >= 15 is 0 Å². The van der Waals surface area contributed by atoms with Crippen LogP contribution < -0.4 is 0 Å². The highest BCUT2D eigenvalue weighted by Crippen LogP contribution is 2.37. The maximum absolute atomic E-state index is 12.4. The fourth-order valence-corrected chi connectivity index (χ4v) is 2.86. The number of nitrogens with one attached hydrogen (secondary N) is 1. The number of H-pyrrole nitrogens is 1. The van der Waals surface area contributed by atoms with E-state index in [1.807, 2.05) is 24.3 Å². The summed E-state index contributed by atoms with van der Waals surface area (Å²) < 4.78 is 37.1. The molecule has 0 amide bonds. The second kappa shape index (κ2) is 7.67. The van der Waals surface area contributed by atoms with Gasteiger partial charge in [0.25, 0.3) is 0 Å². The zero-order chi connectivity index (χ0) is 19.4. The van der Waals surface area contributed by atoms with E-state index in [2.05, 4.69) is 15.4 Å². The second-order valence-electron chi connectivity index (χ2n) is 5.39. The lowest BCUT2D eigenvalue weighted by molar-refractivity contribution is -0.0328.